The first-order valence-corrected chi connectivity index (χ1v) is 5.52. The molecule has 1 saturated heterocycles. The van der Waals surface area contributed by atoms with Crippen LogP contribution in [-0.2, 0) is 0 Å². The van der Waals surface area contributed by atoms with Crippen molar-refractivity contribution in [3.05, 3.63) is 28.7 Å². The molecule has 1 heterocycles. The van der Waals surface area contributed by atoms with E-state index in [1.807, 2.05) is 12.1 Å². The van der Waals surface area contributed by atoms with Gasteiger partial charge in [-0.15, -0.1) is 0 Å². The van der Waals surface area contributed by atoms with Crippen molar-refractivity contribution in [3.63, 3.8) is 0 Å². The standard InChI is InChI=1S/C12H16N3/c1-10-9-11(14-13)5-6-12(10)15-7-3-2-4-8-15/h5-6,9H,2-4,7-8H2,1H3/q+1. The Balaban J connectivity index is 2.24. The van der Waals surface area contributed by atoms with E-state index in [-0.39, 0.29) is 0 Å². The summed E-state index contributed by atoms with van der Waals surface area (Å²) in [6, 6.07) is 5.83. The molecule has 3 nitrogen and oxygen atoms in total. The molecule has 1 aliphatic heterocycles. The van der Waals surface area contributed by atoms with Gasteiger partial charge in [0.2, 0.25) is 5.39 Å². The summed E-state index contributed by atoms with van der Waals surface area (Å²) in [5, 5.41) is 8.67. The fourth-order valence-corrected chi connectivity index (χ4v) is 2.19. The molecule has 0 spiro atoms. The van der Waals surface area contributed by atoms with Gasteiger partial charge >= 0.3 is 5.69 Å². The third kappa shape index (κ3) is 2.10. The van der Waals surface area contributed by atoms with Gasteiger partial charge in [-0.1, -0.05) is 0 Å². The van der Waals surface area contributed by atoms with Gasteiger partial charge < -0.3 is 4.90 Å². The molecule has 0 bridgehead atoms. The second-order valence-electron chi connectivity index (χ2n) is 4.12. The van der Waals surface area contributed by atoms with Crippen molar-refractivity contribution in [3.8, 4) is 0 Å². The molecule has 2 rings (SSSR count). The number of diazo groups is 1. The van der Waals surface area contributed by atoms with E-state index >= 15 is 0 Å². The molecule has 1 aromatic rings. The Bertz CT molecular complexity index is 386. The summed E-state index contributed by atoms with van der Waals surface area (Å²) in [5.41, 5.74) is 3.10. The monoisotopic (exact) mass is 202 g/mol. The zero-order chi connectivity index (χ0) is 10.7. The zero-order valence-electron chi connectivity index (χ0n) is 9.11. The van der Waals surface area contributed by atoms with Crippen LogP contribution in [0.4, 0.5) is 11.4 Å². The minimum absolute atomic E-state index is 0.633. The number of anilines is 1. The van der Waals surface area contributed by atoms with Gasteiger partial charge in [-0.2, -0.15) is 0 Å². The third-order valence-electron chi connectivity index (χ3n) is 2.99. The van der Waals surface area contributed by atoms with Crippen molar-refractivity contribution >= 4 is 11.4 Å². The van der Waals surface area contributed by atoms with Crippen LogP contribution < -0.4 is 4.90 Å². The molecule has 15 heavy (non-hydrogen) atoms. The van der Waals surface area contributed by atoms with Crippen molar-refractivity contribution in [2.75, 3.05) is 18.0 Å². The first-order chi connectivity index (χ1) is 7.31. The second-order valence-corrected chi connectivity index (χ2v) is 4.12. The second kappa shape index (κ2) is 4.31. The maximum absolute atomic E-state index is 8.67. The van der Waals surface area contributed by atoms with E-state index in [1.54, 1.807) is 0 Å². The number of hydrogen-bond acceptors (Lipinski definition) is 2. The van der Waals surface area contributed by atoms with Crippen LogP contribution in [0.1, 0.15) is 24.8 Å². The number of piperidine rings is 1. The first-order valence-electron chi connectivity index (χ1n) is 5.52. The van der Waals surface area contributed by atoms with Gasteiger partial charge in [0.1, 0.15) is 0 Å². The quantitative estimate of drug-likeness (QED) is 0.653. The van der Waals surface area contributed by atoms with Crippen molar-refractivity contribution in [1.82, 2.24) is 0 Å². The van der Waals surface area contributed by atoms with Crippen molar-refractivity contribution in [2.45, 2.75) is 26.2 Å². The highest BCUT2D eigenvalue weighted by atomic mass is 15.1. The molecule has 1 aliphatic rings. The first kappa shape index (κ1) is 9.97. The largest absolute Gasteiger partial charge is 0.385 e. The van der Waals surface area contributed by atoms with Gasteiger partial charge in [0, 0.05) is 30.9 Å². The number of rotatable bonds is 1. The van der Waals surface area contributed by atoms with Crippen LogP contribution in [0.5, 0.6) is 0 Å². The minimum atomic E-state index is 0.633. The average molecular weight is 202 g/mol. The van der Waals surface area contributed by atoms with Crippen LogP contribution in [0.15, 0.2) is 18.2 Å². The molecular weight excluding hydrogens is 186 g/mol. The highest BCUT2D eigenvalue weighted by Crippen LogP contribution is 2.27. The Morgan fingerprint density at radius 3 is 2.53 bits per heavy atom. The molecule has 1 aromatic carbocycles. The van der Waals surface area contributed by atoms with Crippen molar-refractivity contribution in [2.24, 2.45) is 0 Å². The Morgan fingerprint density at radius 1 is 1.20 bits per heavy atom. The molecule has 0 radical (unpaired) electrons. The summed E-state index contributed by atoms with van der Waals surface area (Å²) in [6.45, 7) is 4.37. The van der Waals surface area contributed by atoms with Gasteiger partial charge in [0.05, 0.1) is 0 Å². The molecule has 0 N–H and O–H groups in total. The average Bonchev–Trinajstić information content (AvgIpc) is 2.30. The molecule has 0 unspecified atom stereocenters. The topological polar surface area (TPSA) is 31.4 Å². The summed E-state index contributed by atoms with van der Waals surface area (Å²) >= 11 is 0. The van der Waals surface area contributed by atoms with Gasteiger partial charge in [-0.05, 0) is 37.8 Å². The Hall–Kier alpha value is -1.56. The number of nitrogens with zero attached hydrogens (tertiary/aromatic N) is 3. The van der Waals surface area contributed by atoms with E-state index in [9.17, 15) is 0 Å². The van der Waals surface area contributed by atoms with E-state index in [2.05, 4.69) is 22.9 Å². The molecule has 0 aromatic heterocycles. The van der Waals surface area contributed by atoms with Crippen LogP contribution >= 0.6 is 0 Å². The van der Waals surface area contributed by atoms with E-state index in [4.69, 9.17) is 5.39 Å². The predicted octanol–water partition coefficient (Wildman–Crippen LogP) is 3.47. The Kier molecular flexibility index (Phi) is 2.86. The third-order valence-corrected chi connectivity index (χ3v) is 2.99. The summed E-state index contributed by atoms with van der Waals surface area (Å²) < 4.78 is 0. The molecule has 0 saturated carbocycles. The molecule has 78 valence electrons. The fourth-order valence-electron chi connectivity index (χ4n) is 2.19. The van der Waals surface area contributed by atoms with Gasteiger partial charge in [0.15, 0.2) is 4.98 Å². The predicted molar refractivity (Wildman–Crippen MR) is 62.0 cm³/mol. The summed E-state index contributed by atoms with van der Waals surface area (Å²) in [4.78, 5) is 5.62. The molecule has 0 atom stereocenters. The molecular formula is C12H16N3+. The molecule has 0 amide bonds. The Morgan fingerprint density at radius 2 is 1.93 bits per heavy atom. The summed E-state index contributed by atoms with van der Waals surface area (Å²) in [5.74, 6) is 0. The van der Waals surface area contributed by atoms with E-state index in [0.29, 0.717) is 5.69 Å². The van der Waals surface area contributed by atoms with Crippen LogP contribution in [0, 0.1) is 12.3 Å². The zero-order valence-corrected chi connectivity index (χ0v) is 9.11. The van der Waals surface area contributed by atoms with Gasteiger partial charge in [0.25, 0.3) is 0 Å². The molecule has 0 aliphatic carbocycles. The van der Waals surface area contributed by atoms with Crippen LogP contribution in [0.25, 0.3) is 4.98 Å². The van der Waals surface area contributed by atoms with Crippen molar-refractivity contribution < 1.29 is 0 Å². The number of benzene rings is 1. The lowest BCUT2D eigenvalue weighted by Gasteiger charge is -2.29. The highest BCUT2D eigenvalue weighted by molar-refractivity contribution is 5.60. The maximum atomic E-state index is 8.67. The smallest absolute Gasteiger partial charge is 0.371 e. The van der Waals surface area contributed by atoms with E-state index in [0.717, 1.165) is 13.1 Å². The van der Waals surface area contributed by atoms with E-state index < -0.39 is 0 Å². The molecule has 3 heteroatoms. The Labute approximate surface area is 90.3 Å². The van der Waals surface area contributed by atoms with Crippen LogP contribution in [-0.4, -0.2) is 13.1 Å². The van der Waals surface area contributed by atoms with Gasteiger partial charge in [-0.25, -0.2) is 0 Å². The summed E-state index contributed by atoms with van der Waals surface area (Å²) in [7, 11) is 0. The van der Waals surface area contributed by atoms with E-state index in [1.165, 1.54) is 30.5 Å². The summed E-state index contributed by atoms with van der Waals surface area (Å²) in [6.07, 6.45) is 3.91. The SMILES string of the molecule is Cc1cc([N+]#N)ccc1N1CCCCC1. The van der Waals surface area contributed by atoms with Crippen LogP contribution in [0.2, 0.25) is 0 Å². The maximum Gasteiger partial charge on any atom is 0.385 e. The van der Waals surface area contributed by atoms with Crippen molar-refractivity contribution in [1.29, 1.82) is 5.39 Å². The number of hydrogen-bond donors (Lipinski definition) is 0. The lowest BCUT2D eigenvalue weighted by molar-refractivity contribution is 0.577. The lowest BCUT2D eigenvalue weighted by atomic mass is 10.1. The number of aryl methyl sites for hydroxylation is 1. The normalized spacial score (nSPS) is 16.1. The minimum Gasteiger partial charge on any atom is -0.371 e. The highest BCUT2D eigenvalue weighted by Gasteiger charge is 2.15. The van der Waals surface area contributed by atoms with Crippen LogP contribution in [0.3, 0.4) is 0 Å². The molecule has 1 fully saturated rings. The lowest BCUT2D eigenvalue weighted by Crippen LogP contribution is -2.29. The fraction of sp³-hybridized carbons (Fsp3) is 0.500. The van der Waals surface area contributed by atoms with Gasteiger partial charge in [-0.3, -0.25) is 0 Å².